The minimum absolute atomic E-state index is 0.0183. The average Bonchev–Trinajstić information content (AvgIpc) is 2.39. The van der Waals surface area contributed by atoms with Crippen LogP contribution in [0.4, 0.5) is 0 Å². The van der Waals surface area contributed by atoms with Crippen LogP contribution < -0.4 is 11.5 Å². The molecule has 0 aromatic heterocycles. The van der Waals surface area contributed by atoms with E-state index in [-0.39, 0.29) is 5.84 Å². The Morgan fingerprint density at radius 2 is 1.56 bits per heavy atom. The molecule has 2 aromatic rings. The number of benzene rings is 2. The van der Waals surface area contributed by atoms with E-state index in [1.807, 2.05) is 24.3 Å². The molecule has 2 aromatic carbocycles. The molecule has 0 fully saturated rings. The summed E-state index contributed by atoms with van der Waals surface area (Å²) in [5.74, 6) is -0.439. The molecule has 0 saturated heterocycles. The molecule has 0 aliphatic carbocycles. The van der Waals surface area contributed by atoms with E-state index in [4.69, 9.17) is 16.9 Å². The van der Waals surface area contributed by atoms with Crippen molar-refractivity contribution in [2.24, 2.45) is 11.5 Å². The monoisotopic (exact) mass is 239 g/mol. The zero-order valence-electron chi connectivity index (χ0n) is 9.68. The molecular formula is C14H13N3O. The van der Waals surface area contributed by atoms with Crippen LogP contribution in [0.1, 0.15) is 15.9 Å². The van der Waals surface area contributed by atoms with Gasteiger partial charge in [-0.25, -0.2) is 0 Å². The SMILES string of the molecule is N=C(N)c1ccc(-c2ccccc2C(N)=O)cc1. The van der Waals surface area contributed by atoms with Crippen LogP contribution in [0.15, 0.2) is 48.5 Å². The molecule has 0 saturated carbocycles. The van der Waals surface area contributed by atoms with E-state index in [0.717, 1.165) is 11.1 Å². The minimum Gasteiger partial charge on any atom is -0.384 e. The lowest BCUT2D eigenvalue weighted by atomic mass is 9.98. The molecule has 18 heavy (non-hydrogen) atoms. The maximum atomic E-state index is 11.3. The number of amides is 1. The second-order valence-electron chi connectivity index (χ2n) is 3.90. The Bertz CT molecular complexity index is 603. The number of rotatable bonds is 3. The number of primary amides is 1. The molecule has 90 valence electrons. The lowest BCUT2D eigenvalue weighted by Gasteiger charge is -2.07. The van der Waals surface area contributed by atoms with Gasteiger partial charge in [-0.3, -0.25) is 10.2 Å². The van der Waals surface area contributed by atoms with Gasteiger partial charge >= 0.3 is 0 Å². The Morgan fingerprint density at radius 1 is 0.944 bits per heavy atom. The Morgan fingerprint density at radius 3 is 2.11 bits per heavy atom. The molecule has 0 spiro atoms. The van der Waals surface area contributed by atoms with Crippen molar-refractivity contribution < 1.29 is 4.79 Å². The quantitative estimate of drug-likeness (QED) is 0.562. The first-order valence-corrected chi connectivity index (χ1v) is 5.43. The third-order valence-electron chi connectivity index (χ3n) is 2.70. The summed E-state index contributed by atoms with van der Waals surface area (Å²) in [6, 6.07) is 14.3. The molecule has 0 heterocycles. The molecule has 1 amide bonds. The van der Waals surface area contributed by atoms with Crippen molar-refractivity contribution >= 4 is 11.7 Å². The van der Waals surface area contributed by atoms with Crippen LogP contribution in [0.5, 0.6) is 0 Å². The fourth-order valence-corrected chi connectivity index (χ4v) is 1.78. The minimum atomic E-state index is -0.457. The Kier molecular flexibility index (Phi) is 3.10. The molecule has 4 nitrogen and oxygen atoms in total. The summed E-state index contributed by atoms with van der Waals surface area (Å²) in [6.45, 7) is 0. The largest absolute Gasteiger partial charge is 0.384 e. The topological polar surface area (TPSA) is 93.0 Å². The van der Waals surface area contributed by atoms with Gasteiger partial charge in [0.05, 0.1) is 0 Å². The van der Waals surface area contributed by atoms with Crippen molar-refractivity contribution in [3.8, 4) is 11.1 Å². The van der Waals surface area contributed by atoms with Gasteiger partial charge in [0.1, 0.15) is 5.84 Å². The first-order valence-electron chi connectivity index (χ1n) is 5.43. The van der Waals surface area contributed by atoms with Crippen LogP contribution in [-0.4, -0.2) is 11.7 Å². The number of carbonyl (C=O) groups is 1. The molecule has 0 bridgehead atoms. The van der Waals surface area contributed by atoms with Gasteiger partial charge < -0.3 is 11.5 Å². The van der Waals surface area contributed by atoms with Gasteiger partial charge in [-0.2, -0.15) is 0 Å². The number of amidine groups is 1. The van der Waals surface area contributed by atoms with Crippen LogP contribution in [0.3, 0.4) is 0 Å². The van der Waals surface area contributed by atoms with Gasteiger partial charge in [0, 0.05) is 11.1 Å². The van der Waals surface area contributed by atoms with Gasteiger partial charge in [-0.15, -0.1) is 0 Å². The van der Waals surface area contributed by atoms with Crippen LogP contribution >= 0.6 is 0 Å². The molecule has 0 aliphatic rings. The maximum Gasteiger partial charge on any atom is 0.249 e. The lowest BCUT2D eigenvalue weighted by molar-refractivity contribution is 0.100. The van der Waals surface area contributed by atoms with E-state index in [9.17, 15) is 4.79 Å². The molecule has 0 radical (unpaired) electrons. The van der Waals surface area contributed by atoms with Crippen LogP contribution in [0.25, 0.3) is 11.1 Å². The van der Waals surface area contributed by atoms with Crippen molar-refractivity contribution in [2.45, 2.75) is 0 Å². The Balaban J connectivity index is 2.49. The molecule has 4 heteroatoms. The van der Waals surface area contributed by atoms with Crippen LogP contribution in [0.2, 0.25) is 0 Å². The van der Waals surface area contributed by atoms with E-state index in [0.29, 0.717) is 11.1 Å². The fourth-order valence-electron chi connectivity index (χ4n) is 1.78. The highest BCUT2D eigenvalue weighted by Crippen LogP contribution is 2.23. The zero-order chi connectivity index (χ0) is 13.1. The Labute approximate surface area is 105 Å². The summed E-state index contributed by atoms with van der Waals surface area (Å²) in [5.41, 5.74) is 13.5. The van der Waals surface area contributed by atoms with Crippen molar-refractivity contribution in [1.29, 1.82) is 5.41 Å². The summed E-state index contributed by atoms with van der Waals surface area (Å²) in [7, 11) is 0. The van der Waals surface area contributed by atoms with Crippen LogP contribution in [0, 0.1) is 5.41 Å². The summed E-state index contributed by atoms with van der Waals surface area (Å²) in [4.78, 5) is 11.3. The standard InChI is InChI=1S/C14H13N3O/c15-13(16)10-7-5-9(6-8-10)11-3-1-2-4-12(11)14(17)18/h1-8H,(H3,15,16)(H2,17,18). The molecule has 0 aliphatic heterocycles. The maximum absolute atomic E-state index is 11.3. The number of hydrogen-bond donors (Lipinski definition) is 3. The second-order valence-corrected chi connectivity index (χ2v) is 3.90. The summed E-state index contributed by atoms with van der Waals surface area (Å²) < 4.78 is 0. The zero-order valence-corrected chi connectivity index (χ0v) is 9.68. The van der Waals surface area contributed by atoms with E-state index in [1.54, 1.807) is 24.3 Å². The number of carbonyl (C=O) groups excluding carboxylic acids is 1. The highest BCUT2D eigenvalue weighted by atomic mass is 16.1. The smallest absolute Gasteiger partial charge is 0.249 e. The number of nitrogens with one attached hydrogen (secondary N) is 1. The fraction of sp³-hybridized carbons (Fsp3) is 0. The first kappa shape index (κ1) is 11.9. The molecular weight excluding hydrogens is 226 g/mol. The number of nitrogen functional groups attached to an aromatic ring is 1. The van der Waals surface area contributed by atoms with Gasteiger partial charge in [0.25, 0.3) is 0 Å². The highest BCUT2D eigenvalue weighted by Gasteiger charge is 2.09. The summed E-state index contributed by atoms with van der Waals surface area (Å²) >= 11 is 0. The van der Waals surface area contributed by atoms with E-state index in [2.05, 4.69) is 0 Å². The van der Waals surface area contributed by atoms with E-state index in [1.165, 1.54) is 0 Å². The van der Waals surface area contributed by atoms with Crippen molar-refractivity contribution in [3.05, 3.63) is 59.7 Å². The third-order valence-corrected chi connectivity index (χ3v) is 2.70. The van der Waals surface area contributed by atoms with Crippen molar-refractivity contribution in [1.82, 2.24) is 0 Å². The van der Waals surface area contributed by atoms with Gasteiger partial charge in [-0.1, -0.05) is 42.5 Å². The molecule has 5 N–H and O–H groups in total. The molecule has 2 rings (SSSR count). The average molecular weight is 239 g/mol. The molecule has 0 atom stereocenters. The normalized spacial score (nSPS) is 10.0. The lowest BCUT2D eigenvalue weighted by Crippen LogP contribution is -2.12. The van der Waals surface area contributed by atoms with Gasteiger partial charge in [0.15, 0.2) is 0 Å². The van der Waals surface area contributed by atoms with E-state index < -0.39 is 5.91 Å². The summed E-state index contributed by atoms with van der Waals surface area (Å²) in [5, 5.41) is 7.32. The van der Waals surface area contributed by atoms with Crippen LogP contribution in [-0.2, 0) is 0 Å². The van der Waals surface area contributed by atoms with Crippen molar-refractivity contribution in [3.63, 3.8) is 0 Å². The summed E-state index contributed by atoms with van der Waals surface area (Å²) in [6.07, 6.45) is 0. The second kappa shape index (κ2) is 4.71. The first-order chi connectivity index (χ1) is 8.59. The van der Waals surface area contributed by atoms with Gasteiger partial charge in [0.2, 0.25) is 5.91 Å². The number of nitrogens with two attached hydrogens (primary N) is 2. The van der Waals surface area contributed by atoms with Crippen molar-refractivity contribution in [2.75, 3.05) is 0 Å². The van der Waals surface area contributed by atoms with Gasteiger partial charge in [-0.05, 0) is 17.2 Å². The van der Waals surface area contributed by atoms with E-state index >= 15 is 0 Å². The predicted molar refractivity (Wildman–Crippen MR) is 71.4 cm³/mol. The third kappa shape index (κ3) is 2.22. The predicted octanol–water partition coefficient (Wildman–Crippen LogP) is 1.74. The highest BCUT2D eigenvalue weighted by molar-refractivity contribution is 6.00. The molecule has 0 unspecified atom stereocenters. The Hall–Kier alpha value is -2.62. The number of hydrogen-bond acceptors (Lipinski definition) is 2.